The molecule has 0 bridgehead atoms. The first kappa shape index (κ1) is 21.4. The van der Waals surface area contributed by atoms with E-state index in [2.05, 4.69) is 4.99 Å². The predicted octanol–water partition coefficient (Wildman–Crippen LogP) is 5.53. The Morgan fingerprint density at radius 2 is 1.39 bits per heavy atom. The second-order valence-electron chi connectivity index (χ2n) is 8.97. The van der Waals surface area contributed by atoms with Crippen LogP contribution < -0.4 is 0 Å². The smallest absolute Gasteiger partial charge is 0.354 e. The van der Waals surface area contributed by atoms with E-state index in [4.69, 9.17) is 0 Å². The van der Waals surface area contributed by atoms with Crippen LogP contribution in [0.1, 0.15) is 63.8 Å². The molecule has 0 aliphatic carbocycles. The van der Waals surface area contributed by atoms with E-state index in [0.717, 1.165) is 16.7 Å². The summed E-state index contributed by atoms with van der Waals surface area (Å²) in [5, 5.41) is 20.4. The number of aromatic hydroxyl groups is 1. The lowest BCUT2D eigenvalue weighted by Gasteiger charge is -2.27. The molecule has 0 spiro atoms. The molecule has 4 nitrogen and oxygen atoms in total. The van der Waals surface area contributed by atoms with Crippen molar-refractivity contribution in [3.8, 4) is 5.75 Å². The van der Waals surface area contributed by atoms with Crippen LogP contribution >= 0.6 is 0 Å². The standard InChI is InChI=1S/C24H29NO3/c1-23(2,3)18-12-17(13-19(21(18)26)24(4,5)6)14-20(22(27)28)25-15-16-10-8-7-9-11-16/h7-15,26H,1-6H3,(H,27,28). The number of hydrogen-bond acceptors (Lipinski definition) is 3. The Morgan fingerprint density at radius 3 is 1.82 bits per heavy atom. The second kappa shape index (κ2) is 8.01. The quantitative estimate of drug-likeness (QED) is 0.542. The molecule has 2 rings (SSSR count). The molecule has 2 N–H and O–H groups in total. The van der Waals surface area contributed by atoms with Crippen LogP contribution in [-0.4, -0.2) is 22.4 Å². The van der Waals surface area contributed by atoms with Crippen LogP contribution in [0.5, 0.6) is 5.75 Å². The third-order valence-electron chi connectivity index (χ3n) is 4.42. The fourth-order valence-corrected chi connectivity index (χ4v) is 2.88. The zero-order valence-corrected chi connectivity index (χ0v) is 17.4. The van der Waals surface area contributed by atoms with E-state index < -0.39 is 5.97 Å². The zero-order valence-electron chi connectivity index (χ0n) is 17.4. The third kappa shape index (κ3) is 5.32. The van der Waals surface area contributed by atoms with E-state index in [1.807, 2.05) is 84.0 Å². The molecule has 0 aliphatic rings. The lowest BCUT2D eigenvalue weighted by atomic mass is 9.78. The highest BCUT2D eigenvalue weighted by Gasteiger charge is 2.26. The molecule has 0 radical (unpaired) electrons. The molecule has 0 heterocycles. The Bertz CT molecular complexity index is 876. The summed E-state index contributed by atoms with van der Waals surface area (Å²) in [5.41, 5.74) is 2.46. The van der Waals surface area contributed by atoms with Gasteiger partial charge in [0.05, 0.1) is 0 Å². The summed E-state index contributed by atoms with van der Waals surface area (Å²) in [4.78, 5) is 15.9. The van der Waals surface area contributed by atoms with Crippen molar-refractivity contribution in [2.75, 3.05) is 0 Å². The maximum Gasteiger partial charge on any atom is 0.354 e. The molecular formula is C24H29NO3. The molecule has 0 amide bonds. The number of benzene rings is 2. The fourth-order valence-electron chi connectivity index (χ4n) is 2.88. The van der Waals surface area contributed by atoms with Gasteiger partial charge in [-0.1, -0.05) is 71.9 Å². The van der Waals surface area contributed by atoms with Crippen molar-refractivity contribution in [2.45, 2.75) is 52.4 Å². The molecule has 148 valence electrons. The van der Waals surface area contributed by atoms with Gasteiger partial charge < -0.3 is 10.2 Å². The minimum Gasteiger partial charge on any atom is -0.507 e. The van der Waals surface area contributed by atoms with Crippen molar-refractivity contribution in [2.24, 2.45) is 4.99 Å². The number of aliphatic imine (C=N–C) groups is 1. The van der Waals surface area contributed by atoms with Gasteiger partial charge in [-0.3, -0.25) is 0 Å². The summed E-state index contributed by atoms with van der Waals surface area (Å²) in [6.45, 7) is 12.1. The first-order valence-corrected chi connectivity index (χ1v) is 9.31. The van der Waals surface area contributed by atoms with E-state index in [9.17, 15) is 15.0 Å². The average Bonchev–Trinajstić information content (AvgIpc) is 2.58. The number of carboxylic acids is 1. The van der Waals surface area contributed by atoms with Crippen molar-refractivity contribution in [1.29, 1.82) is 0 Å². The topological polar surface area (TPSA) is 69.9 Å². The summed E-state index contributed by atoms with van der Waals surface area (Å²) in [6.07, 6.45) is 3.08. The lowest BCUT2D eigenvalue weighted by Crippen LogP contribution is -2.17. The predicted molar refractivity (Wildman–Crippen MR) is 115 cm³/mol. The Hall–Kier alpha value is -2.88. The Kier molecular flexibility index (Phi) is 6.13. The summed E-state index contributed by atoms with van der Waals surface area (Å²) < 4.78 is 0. The van der Waals surface area contributed by atoms with Gasteiger partial charge in [0, 0.05) is 17.3 Å². The number of nitrogens with zero attached hydrogens (tertiary/aromatic N) is 1. The minimum absolute atomic E-state index is 0.0609. The van der Waals surface area contributed by atoms with Gasteiger partial charge in [0.15, 0.2) is 0 Å². The Morgan fingerprint density at radius 1 is 0.893 bits per heavy atom. The van der Waals surface area contributed by atoms with Crippen molar-refractivity contribution in [3.63, 3.8) is 0 Å². The van der Waals surface area contributed by atoms with Gasteiger partial charge in [0.25, 0.3) is 0 Å². The van der Waals surface area contributed by atoms with Crippen LogP contribution in [-0.2, 0) is 15.6 Å². The highest BCUT2D eigenvalue weighted by atomic mass is 16.4. The van der Waals surface area contributed by atoms with Crippen LogP contribution in [0.25, 0.3) is 6.08 Å². The normalized spacial score (nSPS) is 13.1. The largest absolute Gasteiger partial charge is 0.507 e. The first-order chi connectivity index (χ1) is 12.9. The fraction of sp³-hybridized carbons (Fsp3) is 0.333. The number of phenolic OH excluding ortho intramolecular Hbond substituents is 1. The number of carbonyl (C=O) groups is 1. The van der Waals surface area contributed by atoms with Crippen LogP contribution in [0.3, 0.4) is 0 Å². The minimum atomic E-state index is -1.10. The van der Waals surface area contributed by atoms with Crippen LogP contribution in [0.2, 0.25) is 0 Å². The molecule has 0 fully saturated rings. The molecule has 2 aromatic rings. The molecule has 0 aromatic heterocycles. The number of aliphatic carboxylic acids is 1. The van der Waals surface area contributed by atoms with E-state index in [0.29, 0.717) is 5.56 Å². The van der Waals surface area contributed by atoms with Crippen LogP contribution in [0.15, 0.2) is 53.2 Å². The summed E-state index contributed by atoms with van der Waals surface area (Å²) >= 11 is 0. The summed E-state index contributed by atoms with van der Waals surface area (Å²) in [7, 11) is 0. The number of phenols is 1. The van der Waals surface area contributed by atoms with E-state index in [-0.39, 0.29) is 22.3 Å². The molecule has 0 atom stereocenters. The van der Waals surface area contributed by atoms with Crippen molar-refractivity contribution in [3.05, 3.63) is 70.4 Å². The van der Waals surface area contributed by atoms with Gasteiger partial charge in [-0.25, -0.2) is 9.79 Å². The van der Waals surface area contributed by atoms with Crippen molar-refractivity contribution in [1.82, 2.24) is 0 Å². The highest BCUT2D eigenvalue weighted by Crippen LogP contribution is 2.40. The molecule has 28 heavy (non-hydrogen) atoms. The third-order valence-corrected chi connectivity index (χ3v) is 4.42. The SMILES string of the molecule is CC(C)(C)c1cc(C=C(N=Cc2ccccc2)C(=O)O)cc(C(C)(C)C)c1O. The van der Waals surface area contributed by atoms with E-state index in [1.165, 1.54) is 6.21 Å². The molecule has 0 unspecified atom stereocenters. The molecule has 4 heteroatoms. The Balaban J connectivity index is 2.60. The van der Waals surface area contributed by atoms with Crippen molar-refractivity contribution >= 4 is 18.3 Å². The van der Waals surface area contributed by atoms with Gasteiger partial charge in [-0.2, -0.15) is 0 Å². The van der Waals surface area contributed by atoms with Gasteiger partial charge in [0.1, 0.15) is 11.4 Å². The zero-order chi connectivity index (χ0) is 21.1. The number of carboxylic acid groups (broad SMARTS) is 1. The average molecular weight is 380 g/mol. The summed E-state index contributed by atoms with van der Waals surface area (Å²) in [5.74, 6) is -0.836. The maximum atomic E-state index is 11.7. The molecule has 0 aliphatic heterocycles. The summed E-state index contributed by atoms with van der Waals surface area (Å²) in [6, 6.07) is 13.0. The second-order valence-corrected chi connectivity index (χ2v) is 8.97. The molecule has 0 saturated heterocycles. The number of rotatable bonds is 4. The van der Waals surface area contributed by atoms with Crippen LogP contribution in [0, 0.1) is 0 Å². The molecule has 2 aromatic carbocycles. The molecular weight excluding hydrogens is 350 g/mol. The number of hydrogen-bond donors (Lipinski definition) is 2. The van der Waals surface area contributed by atoms with Crippen molar-refractivity contribution < 1.29 is 15.0 Å². The van der Waals surface area contributed by atoms with Gasteiger partial charge in [0.2, 0.25) is 0 Å². The van der Waals surface area contributed by atoms with E-state index >= 15 is 0 Å². The first-order valence-electron chi connectivity index (χ1n) is 9.31. The van der Waals surface area contributed by atoms with E-state index in [1.54, 1.807) is 6.08 Å². The highest BCUT2D eigenvalue weighted by molar-refractivity contribution is 5.95. The maximum absolute atomic E-state index is 11.7. The molecule has 0 saturated carbocycles. The monoisotopic (exact) mass is 379 g/mol. The Labute approximate surface area is 167 Å². The lowest BCUT2D eigenvalue weighted by molar-refractivity contribution is -0.132. The van der Waals surface area contributed by atoms with Gasteiger partial charge >= 0.3 is 5.97 Å². The van der Waals surface area contributed by atoms with Crippen LogP contribution in [0.4, 0.5) is 0 Å². The van der Waals surface area contributed by atoms with Gasteiger partial charge in [-0.05, 0) is 40.2 Å². The van der Waals surface area contributed by atoms with Gasteiger partial charge in [-0.15, -0.1) is 0 Å².